The first kappa shape index (κ1) is 31.6. The van der Waals surface area contributed by atoms with Gasteiger partial charge < -0.3 is 41.4 Å². The summed E-state index contributed by atoms with van der Waals surface area (Å²) < 4.78 is 0. The van der Waals surface area contributed by atoms with Crippen LogP contribution in [0.15, 0.2) is 0 Å². The van der Waals surface area contributed by atoms with Gasteiger partial charge in [-0.2, -0.15) is 0 Å². The number of aliphatic carboxylic acids is 1. The minimum atomic E-state index is -2.57. The Hall–Kier alpha value is -3.39. The van der Waals surface area contributed by atoms with Gasteiger partial charge in [-0.05, 0) is 19.3 Å². The summed E-state index contributed by atoms with van der Waals surface area (Å²) in [6.07, 6.45) is -2.72. The predicted molar refractivity (Wildman–Crippen MR) is 119 cm³/mol. The molecule has 0 aliphatic carbocycles. The van der Waals surface area contributed by atoms with Crippen LogP contribution in [0.3, 0.4) is 0 Å². The van der Waals surface area contributed by atoms with Crippen LogP contribution >= 0.6 is 0 Å². The van der Waals surface area contributed by atoms with Crippen molar-refractivity contribution < 1.29 is 48.9 Å². The van der Waals surface area contributed by atoms with Crippen LogP contribution in [-0.4, -0.2) is 87.4 Å². The van der Waals surface area contributed by atoms with E-state index >= 15 is 0 Å². The molecular formula is C21H34N4O10. The summed E-state index contributed by atoms with van der Waals surface area (Å²) in [6, 6.07) is -4.25. The zero-order valence-corrected chi connectivity index (χ0v) is 20.1. The first-order valence-electron chi connectivity index (χ1n) is 10.9. The molecule has 0 aromatic rings. The molecule has 35 heavy (non-hydrogen) atoms. The number of aliphatic hydroxyl groups excluding tert-OH is 1. The highest BCUT2D eigenvalue weighted by Gasteiger charge is 2.36. The molecule has 0 bridgehead atoms. The lowest BCUT2D eigenvalue weighted by molar-refractivity contribution is -0.144. The number of aldehydes is 2. The Labute approximate surface area is 202 Å². The first-order valence-corrected chi connectivity index (χ1v) is 10.9. The number of carbonyl (C=O) groups excluding carboxylic acids is 6. The molecule has 0 aromatic heterocycles. The molecule has 0 saturated heterocycles. The van der Waals surface area contributed by atoms with Crippen molar-refractivity contribution in [1.29, 1.82) is 0 Å². The molecular weight excluding hydrogens is 468 g/mol. The van der Waals surface area contributed by atoms with E-state index in [-0.39, 0.29) is 18.5 Å². The smallest absolute Gasteiger partial charge is 0.303 e. The first-order chi connectivity index (χ1) is 16.2. The van der Waals surface area contributed by atoms with Crippen molar-refractivity contribution in [2.45, 2.75) is 83.3 Å². The zero-order valence-electron chi connectivity index (χ0n) is 20.1. The third kappa shape index (κ3) is 11.1. The quantitative estimate of drug-likeness (QED) is 0.0856. The molecule has 0 rings (SSSR count). The van der Waals surface area contributed by atoms with Crippen LogP contribution in [0.1, 0.15) is 53.4 Å². The van der Waals surface area contributed by atoms with Gasteiger partial charge in [-0.15, -0.1) is 0 Å². The van der Waals surface area contributed by atoms with Crippen molar-refractivity contribution in [3.05, 3.63) is 0 Å². The Kier molecular flexibility index (Phi) is 13.3. The van der Waals surface area contributed by atoms with Crippen molar-refractivity contribution in [3.8, 4) is 0 Å². The average Bonchev–Trinajstić information content (AvgIpc) is 2.77. The standard InChI is InChI=1S/C21H34N4O10/c1-5-11(2)16(22-13(4)29)19(33)23-14(6-7-15(30)31)18(32)24-17(12(3)28)20(34)25-21(35,10-27)8-9-26/h9-12,14,16-17,28,35H,5-8H2,1-4H3,(H,22,29)(H,23,33)(H,24,32)(H,25,34)(H,30,31)/t11-,12-,14-,16-,17-,21-/m0/s1. The fourth-order valence-corrected chi connectivity index (χ4v) is 2.92. The molecule has 0 unspecified atom stereocenters. The number of hydrogen-bond acceptors (Lipinski definition) is 9. The summed E-state index contributed by atoms with van der Waals surface area (Å²) >= 11 is 0. The van der Waals surface area contributed by atoms with Gasteiger partial charge in [0, 0.05) is 13.3 Å². The molecule has 0 aliphatic heterocycles. The molecule has 0 heterocycles. The van der Waals surface area contributed by atoms with Gasteiger partial charge >= 0.3 is 5.97 Å². The lowest BCUT2D eigenvalue weighted by Crippen LogP contribution is -2.62. The third-order valence-corrected chi connectivity index (χ3v) is 5.13. The van der Waals surface area contributed by atoms with Crippen LogP contribution in [0.2, 0.25) is 0 Å². The maximum atomic E-state index is 12.9. The molecule has 0 spiro atoms. The molecule has 14 heteroatoms. The molecule has 0 fully saturated rings. The summed E-state index contributed by atoms with van der Waals surface area (Å²) in [5.41, 5.74) is -2.57. The SMILES string of the molecule is CC[C@H](C)[C@H](NC(C)=O)C(=O)N[C@@H](CCC(=O)O)C(=O)N[C@H](C(=O)N[C@@](O)(C=O)CC=O)[C@H](C)O. The Bertz CT molecular complexity index is 803. The summed E-state index contributed by atoms with van der Waals surface area (Å²) in [6.45, 7) is 5.78. The number of aliphatic hydroxyl groups is 2. The third-order valence-electron chi connectivity index (χ3n) is 5.13. The lowest BCUT2D eigenvalue weighted by Gasteiger charge is -2.29. The van der Waals surface area contributed by atoms with E-state index in [2.05, 4.69) is 16.0 Å². The van der Waals surface area contributed by atoms with Crippen LogP contribution < -0.4 is 21.3 Å². The molecule has 7 N–H and O–H groups in total. The largest absolute Gasteiger partial charge is 0.481 e. The Morgan fingerprint density at radius 3 is 1.97 bits per heavy atom. The second kappa shape index (κ2) is 14.8. The second-order valence-corrected chi connectivity index (χ2v) is 8.19. The normalized spacial score (nSPS) is 16.7. The molecule has 4 amide bonds. The Morgan fingerprint density at radius 2 is 1.54 bits per heavy atom. The van der Waals surface area contributed by atoms with Gasteiger partial charge in [-0.1, -0.05) is 20.3 Å². The van der Waals surface area contributed by atoms with E-state index in [0.717, 1.165) is 6.92 Å². The fourth-order valence-electron chi connectivity index (χ4n) is 2.92. The van der Waals surface area contributed by atoms with E-state index in [1.807, 2.05) is 5.32 Å². The van der Waals surface area contributed by atoms with E-state index in [9.17, 15) is 43.8 Å². The Morgan fingerprint density at radius 1 is 0.943 bits per heavy atom. The van der Waals surface area contributed by atoms with Gasteiger partial charge in [0.25, 0.3) is 0 Å². The average molecular weight is 503 g/mol. The van der Waals surface area contributed by atoms with Gasteiger partial charge in [0.2, 0.25) is 29.4 Å². The fraction of sp³-hybridized carbons (Fsp3) is 0.667. The molecule has 14 nitrogen and oxygen atoms in total. The van der Waals surface area contributed by atoms with E-state index in [1.165, 1.54) is 6.92 Å². The molecule has 0 saturated carbocycles. The maximum absolute atomic E-state index is 12.9. The summed E-state index contributed by atoms with van der Waals surface area (Å²) in [7, 11) is 0. The molecule has 0 aromatic carbocycles. The Balaban J connectivity index is 5.77. The molecule has 0 aliphatic rings. The van der Waals surface area contributed by atoms with Crippen molar-refractivity contribution >= 4 is 42.2 Å². The summed E-state index contributed by atoms with van der Waals surface area (Å²) in [4.78, 5) is 82.4. The maximum Gasteiger partial charge on any atom is 0.303 e. The lowest BCUT2D eigenvalue weighted by atomic mass is 9.97. The summed E-state index contributed by atoms with van der Waals surface area (Å²) in [5, 5.41) is 37.7. The van der Waals surface area contributed by atoms with Gasteiger partial charge in [0.15, 0.2) is 6.29 Å². The van der Waals surface area contributed by atoms with Crippen molar-refractivity contribution in [2.75, 3.05) is 0 Å². The predicted octanol–water partition coefficient (Wildman–Crippen LogP) is -2.65. The minimum absolute atomic E-state index is 0.104. The number of carboxylic acids is 1. The number of carboxylic acid groups (broad SMARTS) is 1. The van der Waals surface area contributed by atoms with Gasteiger partial charge in [0.1, 0.15) is 24.4 Å². The van der Waals surface area contributed by atoms with Gasteiger partial charge in [-0.3, -0.25) is 28.8 Å². The van der Waals surface area contributed by atoms with Crippen LogP contribution in [0.4, 0.5) is 0 Å². The monoisotopic (exact) mass is 502 g/mol. The van der Waals surface area contributed by atoms with Crippen LogP contribution in [0.25, 0.3) is 0 Å². The van der Waals surface area contributed by atoms with Crippen LogP contribution in [0, 0.1) is 5.92 Å². The highest BCUT2D eigenvalue weighted by Crippen LogP contribution is 2.10. The number of nitrogens with one attached hydrogen (secondary N) is 4. The van der Waals surface area contributed by atoms with E-state index in [1.54, 1.807) is 13.8 Å². The zero-order chi connectivity index (χ0) is 27.3. The van der Waals surface area contributed by atoms with E-state index < -0.39 is 78.8 Å². The van der Waals surface area contributed by atoms with Gasteiger partial charge in [-0.25, -0.2) is 0 Å². The topological polar surface area (TPSA) is 228 Å². The van der Waals surface area contributed by atoms with Crippen molar-refractivity contribution in [1.82, 2.24) is 21.3 Å². The van der Waals surface area contributed by atoms with Gasteiger partial charge in [0.05, 0.1) is 12.5 Å². The van der Waals surface area contributed by atoms with Crippen LogP contribution in [-0.2, 0) is 33.6 Å². The number of carbonyl (C=O) groups is 7. The number of hydrogen-bond donors (Lipinski definition) is 7. The number of amides is 4. The molecule has 198 valence electrons. The van der Waals surface area contributed by atoms with Crippen molar-refractivity contribution in [3.63, 3.8) is 0 Å². The van der Waals surface area contributed by atoms with E-state index in [4.69, 9.17) is 5.11 Å². The summed E-state index contributed by atoms with van der Waals surface area (Å²) in [5.74, 6) is -5.13. The van der Waals surface area contributed by atoms with Crippen LogP contribution in [0.5, 0.6) is 0 Å². The van der Waals surface area contributed by atoms with Crippen molar-refractivity contribution in [2.24, 2.45) is 5.92 Å². The number of rotatable bonds is 16. The second-order valence-electron chi connectivity index (χ2n) is 8.19. The minimum Gasteiger partial charge on any atom is -0.481 e. The highest BCUT2D eigenvalue weighted by molar-refractivity contribution is 5.95. The highest BCUT2D eigenvalue weighted by atomic mass is 16.4. The molecule has 6 atom stereocenters. The molecule has 0 radical (unpaired) electrons. The van der Waals surface area contributed by atoms with E-state index in [0.29, 0.717) is 6.42 Å².